The van der Waals surface area contributed by atoms with Crippen LogP contribution in [0.1, 0.15) is 0 Å². The van der Waals surface area contributed by atoms with Gasteiger partial charge in [0.15, 0.2) is 0 Å². The lowest BCUT2D eigenvalue weighted by molar-refractivity contribution is 0.156. The number of hydrogen-bond donors (Lipinski definition) is 0. The second-order valence-electron chi connectivity index (χ2n) is 5.69. The molecule has 4 rings (SSSR count). The molecule has 0 radical (unpaired) electrons. The first-order valence-electron chi connectivity index (χ1n) is 7.67. The molecule has 0 atom stereocenters. The molecule has 2 saturated heterocycles. The Hall–Kier alpha value is -2.28. The zero-order valence-corrected chi connectivity index (χ0v) is 12.4. The first kappa shape index (κ1) is 13.4. The van der Waals surface area contributed by atoms with E-state index in [0.29, 0.717) is 6.04 Å². The fourth-order valence-corrected chi connectivity index (χ4v) is 3.07. The molecule has 22 heavy (non-hydrogen) atoms. The van der Waals surface area contributed by atoms with E-state index in [1.54, 1.807) is 24.8 Å². The van der Waals surface area contributed by atoms with Crippen molar-refractivity contribution in [1.82, 2.24) is 24.8 Å². The zero-order valence-electron chi connectivity index (χ0n) is 12.4. The molecule has 2 aromatic heterocycles. The van der Waals surface area contributed by atoms with Gasteiger partial charge in [-0.1, -0.05) is 0 Å². The highest BCUT2D eigenvalue weighted by Crippen LogP contribution is 2.22. The van der Waals surface area contributed by atoms with E-state index >= 15 is 0 Å². The molecule has 0 spiro atoms. The fourth-order valence-electron chi connectivity index (χ4n) is 3.07. The van der Waals surface area contributed by atoms with Crippen molar-refractivity contribution >= 4 is 11.8 Å². The van der Waals surface area contributed by atoms with E-state index in [1.807, 2.05) is 12.3 Å². The van der Waals surface area contributed by atoms with Gasteiger partial charge in [-0.2, -0.15) is 0 Å². The highest BCUT2D eigenvalue weighted by Gasteiger charge is 2.34. The summed E-state index contributed by atoms with van der Waals surface area (Å²) < 4.78 is 0. The van der Waals surface area contributed by atoms with Gasteiger partial charge in [-0.3, -0.25) is 9.88 Å². The third kappa shape index (κ3) is 2.59. The summed E-state index contributed by atoms with van der Waals surface area (Å²) in [5.74, 6) is 1.83. The normalized spacial score (nSPS) is 20.0. The predicted molar refractivity (Wildman–Crippen MR) is 83.9 cm³/mol. The molecule has 2 aromatic rings. The highest BCUT2D eigenvalue weighted by molar-refractivity contribution is 5.40. The second kappa shape index (κ2) is 5.84. The van der Waals surface area contributed by atoms with Crippen molar-refractivity contribution in [3.05, 3.63) is 37.1 Å². The molecular formula is C15H19N7. The van der Waals surface area contributed by atoms with Gasteiger partial charge in [-0.25, -0.2) is 15.0 Å². The standard InChI is InChI=1S/C15H19N7/c1-2-18-15(19-3-1)21-8-6-20(7-9-21)13-11-22(12-13)14-10-16-4-5-17-14/h1-5,10,13H,6-9,11-12H2. The summed E-state index contributed by atoms with van der Waals surface area (Å²) in [6, 6.07) is 2.48. The third-order valence-corrected chi connectivity index (χ3v) is 4.40. The van der Waals surface area contributed by atoms with Gasteiger partial charge in [-0.15, -0.1) is 0 Å². The minimum absolute atomic E-state index is 0.626. The summed E-state index contributed by atoms with van der Waals surface area (Å²) in [4.78, 5) is 24.2. The van der Waals surface area contributed by atoms with Gasteiger partial charge >= 0.3 is 0 Å². The Morgan fingerprint density at radius 1 is 0.818 bits per heavy atom. The van der Waals surface area contributed by atoms with E-state index in [0.717, 1.165) is 51.0 Å². The maximum absolute atomic E-state index is 4.35. The van der Waals surface area contributed by atoms with Gasteiger partial charge in [-0.05, 0) is 6.07 Å². The molecule has 7 nitrogen and oxygen atoms in total. The molecule has 0 N–H and O–H groups in total. The van der Waals surface area contributed by atoms with E-state index < -0.39 is 0 Å². The van der Waals surface area contributed by atoms with Crippen molar-refractivity contribution in [2.75, 3.05) is 49.1 Å². The predicted octanol–water partition coefficient (Wildman–Crippen LogP) is 0.277. The van der Waals surface area contributed by atoms with Crippen LogP contribution in [0.2, 0.25) is 0 Å². The Kier molecular flexibility index (Phi) is 3.56. The quantitative estimate of drug-likeness (QED) is 0.806. The van der Waals surface area contributed by atoms with Crippen LogP contribution in [-0.2, 0) is 0 Å². The first-order chi connectivity index (χ1) is 10.9. The van der Waals surface area contributed by atoms with Gasteiger partial charge in [0.05, 0.1) is 6.20 Å². The zero-order chi connectivity index (χ0) is 14.8. The molecule has 2 fully saturated rings. The number of nitrogens with zero attached hydrogens (tertiary/aromatic N) is 7. The monoisotopic (exact) mass is 297 g/mol. The Morgan fingerprint density at radius 2 is 1.59 bits per heavy atom. The molecule has 2 aliphatic rings. The van der Waals surface area contributed by atoms with Crippen molar-refractivity contribution in [3.8, 4) is 0 Å². The number of rotatable bonds is 3. The van der Waals surface area contributed by atoms with Crippen LogP contribution in [0.5, 0.6) is 0 Å². The van der Waals surface area contributed by atoms with E-state index in [4.69, 9.17) is 0 Å². The minimum atomic E-state index is 0.626. The third-order valence-electron chi connectivity index (χ3n) is 4.40. The van der Waals surface area contributed by atoms with Crippen LogP contribution in [0.4, 0.5) is 11.8 Å². The Morgan fingerprint density at radius 3 is 2.27 bits per heavy atom. The molecule has 0 aliphatic carbocycles. The topological polar surface area (TPSA) is 61.3 Å². The lowest BCUT2D eigenvalue weighted by Gasteiger charge is -2.48. The minimum Gasteiger partial charge on any atom is -0.352 e. The first-order valence-corrected chi connectivity index (χ1v) is 7.67. The van der Waals surface area contributed by atoms with E-state index in [-0.39, 0.29) is 0 Å². The van der Waals surface area contributed by atoms with Gasteiger partial charge in [0.1, 0.15) is 5.82 Å². The van der Waals surface area contributed by atoms with Gasteiger partial charge in [0.25, 0.3) is 0 Å². The summed E-state index contributed by atoms with van der Waals surface area (Å²) in [5.41, 5.74) is 0. The summed E-state index contributed by atoms with van der Waals surface area (Å²) in [7, 11) is 0. The molecule has 114 valence electrons. The van der Waals surface area contributed by atoms with Gasteiger partial charge < -0.3 is 9.80 Å². The maximum atomic E-state index is 4.35. The van der Waals surface area contributed by atoms with Crippen LogP contribution in [0, 0.1) is 0 Å². The lowest BCUT2D eigenvalue weighted by Crippen LogP contribution is -2.63. The molecule has 2 aliphatic heterocycles. The van der Waals surface area contributed by atoms with E-state index in [9.17, 15) is 0 Å². The maximum Gasteiger partial charge on any atom is 0.225 e. The van der Waals surface area contributed by atoms with Crippen molar-refractivity contribution in [2.24, 2.45) is 0 Å². The van der Waals surface area contributed by atoms with Gasteiger partial charge in [0, 0.05) is 70.1 Å². The van der Waals surface area contributed by atoms with Crippen LogP contribution in [-0.4, -0.2) is 70.1 Å². The number of hydrogen-bond acceptors (Lipinski definition) is 7. The van der Waals surface area contributed by atoms with Crippen LogP contribution < -0.4 is 9.80 Å². The average Bonchev–Trinajstić information content (AvgIpc) is 2.56. The van der Waals surface area contributed by atoms with Crippen molar-refractivity contribution < 1.29 is 0 Å². The Balaban J connectivity index is 1.29. The summed E-state index contributed by atoms with van der Waals surface area (Å²) in [6.45, 7) is 6.20. The van der Waals surface area contributed by atoms with Crippen LogP contribution in [0.25, 0.3) is 0 Å². The van der Waals surface area contributed by atoms with Gasteiger partial charge in [0.2, 0.25) is 5.95 Å². The van der Waals surface area contributed by atoms with Crippen LogP contribution >= 0.6 is 0 Å². The fraction of sp³-hybridized carbons (Fsp3) is 0.467. The second-order valence-corrected chi connectivity index (χ2v) is 5.69. The molecule has 0 bridgehead atoms. The van der Waals surface area contributed by atoms with Crippen molar-refractivity contribution in [1.29, 1.82) is 0 Å². The molecule has 7 heteroatoms. The molecular weight excluding hydrogens is 278 g/mol. The number of anilines is 2. The number of piperazine rings is 1. The van der Waals surface area contributed by atoms with E-state index in [2.05, 4.69) is 34.6 Å². The molecule has 0 unspecified atom stereocenters. The smallest absolute Gasteiger partial charge is 0.225 e. The van der Waals surface area contributed by atoms with Crippen molar-refractivity contribution in [3.63, 3.8) is 0 Å². The number of aromatic nitrogens is 4. The van der Waals surface area contributed by atoms with Crippen molar-refractivity contribution in [2.45, 2.75) is 6.04 Å². The average molecular weight is 297 g/mol. The summed E-state index contributed by atoms with van der Waals surface area (Å²) >= 11 is 0. The largest absolute Gasteiger partial charge is 0.352 e. The summed E-state index contributed by atoms with van der Waals surface area (Å²) in [5, 5.41) is 0. The lowest BCUT2D eigenvalue weighted by atomic mass is 10.1. The Bertz CT molecular complexity index is 592. The van der Waals surface area contributed by atoms with Crippen LogP contribution in [0.15, 0.2) is 37.1 Å². The summed E-state index contributed by atoms with van der Waals surface area (Å²) in [6.07, 6.45) is 8.91. The molecule has 4 heterocycles. The Labute approximate surface area is 129 Å². The molecule has 0 amide bonds. The van der Waals surface area contributed by atoms with Crippen LogP contribution in [0.3, 0.4) is 0 Å². The molecule has 0 saturated carbocycles. The van der Waals surface area contributed by atoms with E-state index in [1.165, 1.54) is 0 Å². The highest BCUT2D eigenvalue weighted by atomic mass is 15.4. The molecule has 0 aromatic carbocycles. The SMILES string of the molecule is c1cnc(N2CCN(C3CN(c4cnccn4)C3)CC2)nc1.